The van der Waals surface area contributed by atoms with Crippen LogP contribution in [0.2, 0.25) is 0 Å². The third-order valence-electron chi connectivity index (χ3n) is 6.11. The van der Waals surface area contributed by atoms with Gasteiger partial charge in [0.15, 0.2) is 23.0 Å². The molecule has 6 heterocycles. The van der Waals surface area contributed by atoms with Crippen LogP contribution >= 0.6 is 15.6 Å². The minimum absolute atomic E-state index is 0.0626. The number of aliphatic hydroxyl groups is 1. The molecule has 0 radical (unpaired) electrons. The van der Waals surface area contributed by atoms with Gasteiger partial charge in [-0.05, 0) is 0 Å². The average Bonchev–Trinajstić information content (AvgIpc) is 3.55. The summed E-state index contributed by atoms with van der Waals surface area (Å²) in [5, 5.41) is 11.0. The van der Waals surface area contributed by atoms with Crippen molar-refractivity contribution < 1.29 is 46.9 Å². The second kappa shape index (κ2) is 10.0. The van der Waals surface area contributed by atoms with E-state index < -0.39 is 59.0 Å². The summed E-state index contributed by atoms with van der Waals surface area (Å²) in [4.78, 5) is 55.6. The molecule has 0 saturated carbocycles. The molecule has 2 unspecified atom stereocenters. The molecule has 0 aromatic carbocycles. The lowest BCUT2D eigenvalue weighted by Gasteiger charge is -2.24. The summed E-state index contributed by atoms with van der Waals surface area (Å²) < 4.78 is 54.6. The van der Waals surface area contributed by atoms with E-state index in [1.807, 2.05) is 0 Å². The molecule has 1 saturated heterocycles. The Bertz CT molecular complexity index is 1740. The Morgan fingerprint density at radius 3 is 2.75 bits per heavy atom. The van der Waals surface area contributed by atoms with Gasteiger partial charge in [0.25, 0.3) is 5.56 Å². The number of hydrogen-bond acceptors (Lipinski definition) is 15. The second-order valence-electron chi connectivity index (χ2n) is 8.65. The number of aliphatic hydroxyl groups excluding tert-OH is 1. The molecule has 20 nitrogen and oxygen atoms in total. The van der Waals surface area contributed by atoms with Gasteiger partial charge in [-0.1, -0.05) is 0 Å². The SMILES string of the molecule is Nc1nc2c(ncn2[C@@H]2O[C@@H]3COP(=O)(O)OCCn4c(nc5cncnc54)COP(=O)(O)O[C@@H]2[C@@H]3O)c(=O)[nH]1. The van der Waals surface area contributed by atoms with E-state index in [2.05, 4.69) is 29.9 Å². The Morgan fingerprint density at radius 1 is 1.10 bits per heavy atom. The van der Waals surface area contributed by atoms with E-state index in [9.17, 15) is 28.8 Å². The number of rotatable bonds is 1. The summed E-state index contributed by atoms with van der Waals surface area (Å²) in [5.41, 5.74) is 5.36. The van der Waals surface area contributed by atoms with Gasteiger partial charge in [-0.2, -0.15) is 4.98 Å². The first kappa shape index (κ1) is 27.0. The summed E-state index contributed by atoms with van der Waals surface area (Å²) in [6.07, 6.45) is -2.42. The maximum atomic E-state index is 13.1. The largest absolute Gasteiger partial charge is 0.473 e. The normalized spacial score (nSPS) is 32.1. The van der Waals surface area contributed by atoms with Crippen molar-refractivity contribution in [3.05, 3.63) is 35.0 Å². The van der Waals surface area contributed by atoms with E-state index in [4.69, 9.17) is 28.6 Å². The number of H-pyrrole nitrogens is 1. The summed E-state index contributed by atoms with van der Waals surface area (Å²) in [7, 11) is -9.62. The van der Waals surface area contributed by atoms with Gasteiger partial charge in [0.05, 0.1) is 25.7 Å². The monoisotopic (exact) mass is 601 g/mol. The maximum Gasteiger partial charge on any atom is 0.473 e. The Kier molecular flexibility index (Phi) is 6.78. The Labute approximate surface area is 221 Å². The molecule has 0 spiro atoms. The summed E-state index contributed by atoms with van der Waals surface area (Å²) >= 11 is 0. The number of nitrogens with zero attached hydrogens (tertiary/aromatic N) is 7. The van der Waals surface area contributed by atoms with Crippen LogP contribution in [-0.2, 0) is 45.1 Å². The van der Waals surface area contributed by atoms with Gasteiger partial charge in [-0.15, -0.1) is 0 Å². The van der Waals surface area contributed by atoms with Crippen LogP contribution in [-0.4, -0.2) is 85.5 Å². The molecule has 4 aromatic heterocycles. The number of hydrogen-bond donors (Lipinski definition) is 5. The van der Waals surface area contributed by atoms with Crippen molar-refractivity contribution in [3.63, 3.8) is 0 Å². The molecule has 4 aromatic rings. The van der Waals surface area contributed by atoms with Gasteiger partial charge in [0, 0.05) is 6.54 Å². The van der Waals surface area contributed by atoms with Crippen LogP contribution in [0, 0.1) is 0 Å². The predicted octanol–water partition coefficient (Wildman–Crippen LogP) is -1.05. The zero-order chi connectivity index (χ0) is 28.2. The molecule has 6 N–H and O–H groups in total. The number of nitrogens with two attached hydrogens (primary N) is 1. The van der Waals surface area contributed by atoms with Crippen molar-refractivity contribution in [2.24, 2.45) is 0 Å². The molecule has 1 fully saturated rings. The molecule has 2 aliphatic heterocycles. The minimum atomic E-state index is -4.95. The number of phosphoric acid groups is 2. The molecular weight excluding hydrogens is 580 g/mol. The number of anilines is 1. The molecule has 6 rings (SSSR count). The Hall–Kier alpha value is -3.16. The number of ether oxygens (including phenoxy) is 1. The van der Waals surface area contributed by atoms with Gasteiger partial charge >= 0.3 is 15.6 Å². The van der Waals surface area contributed by atoms with Crippen molar-refractivity contribution in [2.75, 3.05) is 18.9 Å². The van der Waals surface area contributed by atoms with Crippen LogP contribution in [0.25, 0.3) is 22.3 Å². The number of fused-ring (bicyclic) bond motifs is 6. The van der Waals surface area contributed by atoms with Crippen LogP contribution in [0.1, 0.15) is 12.1 Å². The third-order valence-corrected chi connectivity index (χ3v) is 8.06. The first-order valence-electron chi connectivity index (χ1n) is 11.5. The zero-order valence-corrected chi connectivity index (χ0v) is 21.9. The standard InChI is InChI=1S/C18H21N9O11P2/c19-18-24-15-11(16(29)25-18)22-7-27(15)17-13-12(28)9(37-17)4-35-39(30,31)34-2-1-26-10(5-36-40(32,33)38-13)23-8-3-20-6-21-14(8)26/h3,6-7,9,12-13,17,28H,1-2,4-5H2,(H,30,31)(H,32,33)(H3,19,24,25,29)/t9-,12-,13-,17-/m1/s1. The highest BCUT2D eigenvalue weighted by Crippen LogP contribution is 2.51. The molecule has 0 aliphatic carbocycles. The predicted molar refractivity (Wildman–Crippen MR) is 129 cm³/mol. The van der Waals surface area contributed by atoms with Crippen molar-refractivity contribution in [1.29, 1.82) is 0 Å². The third kappa shape index (κ3) is 5.06. The second-order valence-corrected chi connectivity index (χ2v) is 11.5. The summed E-state index contributed by atoms with van der Waals surface area (Å²) in [6, 6.07) is 0. The lowest BCUT2D eigenvalue weighted by molar-refractivity contribution is -0.0520. The maximum absolute atomic E-state index is 13.1. The highest BCUT2D eigenvalue weighted by atomic mass is 31.2. The van der Waals surface area contributed by atoms with E-state index in [1.54, 1.807) is 0 Å². The van der Waals surface area contributed by atoms with Gasteiger partial charge in [0.1, 0.15) is 42.6 Å². The lowest BCUT2D eigenvalue weighted by atomic mass is 10.1. The van der Waals surface area contributed by atoms with Gasteiger partial charge < -0.3 is 29.9 Å². The van der Waals surface area contributed by atoms with Crippen LogP contribution < -0.4 is 11.3 Å². The molecule has 40 heavy (non-hydrogen) atoms. The van der Waals surface area contributed by atoms with Gasteiger partial charge in [-0.3, -0.25) is 32.4 Å². The fraction of sp³-hybridized carbons (Fsp3) is 0.444. The molecule has 214 valence electrons. The summed E-state index contributed by atoms with van der Waals surface area (Å²) in [6.45, 7) is -1.69. The summed E-state index contributed by atoms with van der Waals surface area (Å²) in [5.74, 6) is -0.163. The van der Waals surface area contributed by atoms with E-state index in [1.165, 1.54) is 17.1 Å². The van der Waals surface area contributed by atoms with Crippen LogP contribution in [0.15, 0.2) is 23.6 Å². The minimum Gasteiger partial charge on any atom is -0.387 e. The van der Waals surface area contributed by atoms with E-state index >= 15 is 0 Å². The average molecular weight is 601 g/mol. The van der Waals surface area contributed by atoms with Crippen molar-refractivity contribution in [2.45, 2.75) is 37.7 Å². The highest BCUT2D eigenvalue weighted by molar-refractivity contribution is 7.47. The number of imidazole rings is 2. The van der Waals surface area contributed by atoms with Gasteiger partial charge in [-0.25, -0.2) is 29.1 Å². The number of aromatic nitrogens is 8. The van der Waals surface area contributed by atoms with E-state index in [-0.39, 0.29) is 36.1 Å². The topological polar surface area (TPSA) is 274 Å². The van der Waals surface area contributed by atoms with Crippen LogP contribution in [0.4, 0.5) is 5.95 Å². The lowest BCUT2D eigenvalue weighted by Crippen LogP contribution is -2.35. The first-order chi connectivity index (χ1) is 19.0. The van der Waals surface area contributed by atoms with E-state index in [0.717, 1.165) is 10.9 Å². The number of nitrogen functional groups attached to an aromatic ring is 1. The van der Waals surface area contributed by atoms with Crippen LogP contribution in [0.3, 0.4) is 0 Å². The van der Waals surface area contributed by atoms with E-state index in [0.29, 0.717) is 11.2 Å². The quantitative estimate of drug-likeness (QED) is 0.163. The van der Waals surface area contributed by atoms with Crippen molar-refractivity contribution in [3.8, 4) is 0 Å². The fourth-order valence-corrected chi connectivity index (χ4v) is 5.97. The molecule has 22 heteroatoms. The number of phosphoric ester groups is 2. The highest BCUT2D eigenvalue weighted by Gasteiger charge is 2.50. The smallest absolute Gasteiger partial charge is 0.387 e. The van der Waals surface area contributed by atoms with Crippen molar-refractivity contribution >= 4 is 43.9 Å². The number of aromatic amines is 1. The van der Waals surface area contributed by atoms with Crippen molar-refractivity contribution in [1.82, 2.24) is 39.0 Å². The van der Waals surface area contributed by atoms with Gasteiger partial charge in [0.2, 0.25) is 5.95 Å². The molecule has 6 atom stereocenters. The first-order valence-corrected chi connectivity index (χ1v) is 14.5. The Balaban J connectivity index is 1.38. The molecule has 2 bridgehead atoms. The van der Waals surface area contributed by atoms with Crippen LogP contribution in [0.5, 0.6) is 0 Å². The number of nitrogens with one attached hydrogen (secondary N) is 1. The Morgan fingerprint density at radius 2 is 1.93 bits per heavy atom. The molecule has 2 aliphatic rings. The fourth-order valence-electron chi connectivity index (χ4n) is 4.37. The zero-order valence-electron chi connectivity index (χ0n) is 20.1. The molecule has 0 amide bonds. The molecular formula is C18H21N9O11P2.